The van der Waals surface area contributed by atoms with Crippen LogP contribution in [-0.2, 0) is 6.54 Å². The van der Waals surface area contributed by atoms with E-state index >= 15 is 0 Å². The molecule has 140 valence electrons. The van der Waals surface area contributed by atoms with Crippen LogP contribution in [-0.4, -0.2) is 33.1 Å². The standard InChI is InChI=1S/C20H16FN5O2/c1-28-20-17(11-27)19(22-12-23-20)25-16-5-6-18-14(8-16)9-24-26(18)10-13-3-2-4-15(21)7-13/h2-9,11-12H,10H2,1H3,(H,22,23,25). The SMILES string of the molecule is COc1ncnc(Nc2ccc3c(cnn3Cc3cccc(F)c3)c2)c1C=O. The number of benzene rings is 2. The zero-order valence-electron chi connectivity index (χ0n) is 15.0. The van der Waals surface area contributed by atoms with E-state index < -0.39 is 0 Å². The Labute approximate surface area is 159 Å². The zero-order chi connectivity index (χ0) is 19.5. The number of carbonyl (C=O) groups excluding carboxylic acids is 1. The fourth-order valence-corrected chi connectivity index (χ4v) is 2.98. The predicted octanol–water partition coefficient (Wildman–Crippen LogP) is 3.58. The van der Waals surface area contributed by atoms with Gasteiger partial charge in [0, 0.05) is 11.1 Å². The van der Waals surface area contributed by atoms with Crippen molar-refractivity contribution in [1.29, 1.82) is 0 Å². The zero-order valence-corrected chi connectivity index (χ0v) is 15.0. The Bertz CT molecular complexity index is 1160. The molecule has 2 aromatic carbocycles. The first-order valence-corrected chi connectivity index (χ1v) is 8.49. The molecule has 0 amide bonds. The Kier molecular flexibility index (Phi) is 4.67. The molecule has 0 unspecified atom stereocenters. The number of carbonyl (C=O) groups is 1. The summed E-state index contributed by atoms with van der Waals surface area (Å²) in [7, 11) is 1.44. The molecule has 4 rings (SSSR count). The maximum atomic E-state index is 13.4. The number of anilines is 2. The molecular formula is C20H16FN5O2. The van der Waals surface area contributed by atoms with Crippen LogP contribution in [0.1, 0.15) is 15.9 Å². The van der Waals surface area contributed by atoms with Crippen LogP contribution in [0, 0.1) is 5.82 Å². The average Bonchev–Trinajstić information content (AvgIpc) is 3.09. The van der Waals surface area contributed by atoms with E-state index in [1.165, 1.54) is 25.6 Å². The molecule has 0 aliphatic rings. The van der Waals surface area contributed by atoms with Crippen LogP contribution < -0.4 is 10.1 Å². The molecule has 0 saturated heterocycles. The van der Waals surface area contributed by atoms with Crippen LogP contribution >= 0.6 is 0 Å². The Morgan fingerprint density at radius 3 is 2.89 bits per heavy atom. The average molecular weight is 377 g/mol. The van der Waals surface area contributed by atoms with Crippen molar-refractivity contribution in [3.05, 3.63) is 71.9 Å². The van der Waals surface area contributed by atoms with Crippen molar-refractivity contribution in [2.45, 2.75) is 6.54 Å². The van der Waals surface area contributed by atoms with Gasteiger partial charge in [0.1, 0.15) is 23.5 Å². The van der Waals surface area contributed by atoms with Crippen LogP contribution in [0.5, 0.6) is 5.88 Å². The molecule has 0 bridgehead atoms. The molecule has 28 heavy (non-hydrogen) atoms. The van der Waals surface area contributed by atoms with Gasteiger partial charge >= 0.3 is 0 Å². The number of aromatic nitrogens is 4. The summed E-state index contributed by atoms with van der Waals surface area (Å²) in [5.41, 5.74) is 2.72. The highest BCUT2D eigenvalue weighted by atomic mass is 19.1. The lowest BCUT2D eigenvalue weighted by Crippen LogP contribution is -2.03. The van der Waals surface area contributed by atoms with E-state index in [1.54, 1.807) is 16.9 Å². The Balaban J connectivity index is 1.62. The highest BCUT2D eigenvalue weighted by molar-refractivity contribution is 5.88. The summed E-state index contributed by atoms with van der Waals surface area (Å²) < 4.78 is 20.3. The van der Waals surface area contributed by atoms with Gasteiger partial charge in [-0.05, 0) is 35.9 Å². The molecule has 2 heterocycles. The van der Waals surface area contributed by atoms with Gasteiger partial charge in [0.25, 0.3) is 0 Å². The Morgan fingerprint density at radius 2 is 2.11 bits per heavy atom. The molecule has 0 saturated carbocycles. The number of halogens is 1. The summed E-state index contributed by atoms with van der Waals surface area (Å²) in [6, 6.07) is 12.1. The monoisotopic (exact) mass is 377 g/mol. The van der Waals surface area contributed by atoms with Crippen molar-refractivity contribution in [2.75, 3.05) is 12.4 Å². The molecule has 8 heteroatoms. The number of hydrogen-bond acceptors (Lipinski definition) is 6. The molecule has 1 N–H and O–H groups in total. The number of nitrogens with zero attached hydrogens (tertiary/aromatic N) is 4. The van der Waals surface area contributed by atoms with Crippen LogP contribution in [0.25, 0.3) is 10.9 Å². The topological polar surface area (TPSA) is 81.9 Å². The van der Waals surface area contributed by atoms with Gasteiger partial charge in [0.05, 0.1) is 25.4 Å². The minimum absolute atomic E-state index is 0.205. The minimum Gasteiger partial charge on any atom is -0.480 e. The van der Waals surface area contributed by atoms with E-state index in [1.807, 2.05) is 24.3 Å². The number of ether oxygens (including phenoxy) is 1. The Morgan fingerprint density at radius 1 is 1.21 bits per heavy atom. The van der Waals surface area contributed by atoms with Crippen molar-refractivity contribution in [3.63, 3.8) is 0 Å². The van der Waals surface area contributed by atoms with E-state index in [0.717, 1.165) is 22.2 Å². The lowest BCUT2D eigenvalue weighted by molar-refractivity contribution is 0.112. The summed E-state index contributed by atoms with van der Waals surface area (Å²) in [6.07, 6.45) is 3.71. The first kappa shape index (κ1) is 17.6. The third kappa shape index (κ3) is 3.39. The summed E-state index contributed by atoms with van der Waals surface area (Å²) in [5, 5.41) is 8.40. The lowest BCUT2D eigenvalue weighted by atomic mass is 10.2. The van der Waals surface area contributed by atoms with Crippen molar-refractivity contribution in [2.24, 2.45) is 0 Å². The van der Waals surface area contributed by atoms with Gasteiger partial charge in [-0.25, -0.2) is 14.4 Å². The second-order valence-electron chi connectivity index (χ2n) is 6.09. The minimum atomic E-state index is -0.272. The lowest BCUT2D eigenvalue weighted by Gasteiger charge is -2.10. The summed E-state index contributed by atoms with van der Waals surface area (Å²) in [5.74, 6) is 0.288. The third-order valence-electron chi connectivity index (χ3n) is 4.28. The van der Waals surface area contributed by atoms with Crippen LogP contribution in [0.3, 0.4) is 0 Å². The van der Waals surface area contributed by atoms with Gasteiger partial charge in [-0.1, -0.05) is 12.1 Å². The molecule has 0 aliphatic carbocycles. The molecule has 0 fully saturated rings. The van der Waals surface area contributed by atoms with E-state index in [-0.39, 0.29) is 17.3 Å². The van der Waals surface area contributed by atoms with E-state index in [9.17, 15) is 9.18 Å². The second-order valence-corrected chi connectivity index (χ2v) is 6.09. The first-order chi connectivity index (χ1) is 13.7. The van der Waals surface area contributed by atoms with Gasteiger partial charge in [-0.2, -0.15) is 5.10 Å². The second kappa shape index (κ2) is 7.43. The molecule has 0 spiro atoms. The maximum Gasteiger partial charge on any atom is 0.229 e. The largest absolute Gasteiger partial charge is 0.480 e. The summed E-state index contributed by atoms with van der Waals surface area (Å²) in [6.45, 7) is 0.465. The summed E-state index contributed by atoms with van der Waals surface area (Å²) in [4.78, 5) is 19.4. The maximum absolute atomic E-state index is 13.4. The molecule has 0 atom stereocenters. The number of nitrogens with one attached hydrogen (secondary N) is 1. The van der Waals surface area contributed by atoms with Crippen LogP contribution in [0.2, 0.25) is 0 Å². The van der Waals surface area contributed by atoms with Gasteiger partial charge in [-0.15, -0.1) is 0 Å². The van der Waals surface area contributed by atoms with Crippen LogP contribution in [0.4, 0.5) is 15.9 Å². The quantitative estimate of drug-likeness (QED) is 0.517. The number of fused-ring (bicyclic) bond motifs is 1. The van der Waals surface area contributed by atoms with Crippen molar-refractivity contribution >= 4 is 28.7 Å². The number of hydrogen-bond donors (Lipinski definition) is 1. The highest BCUT2D eigenvalue weighted by Crippen LogP contribution is 2.26. The molecule has 2 aromatic heterocycles. The van der Waals surface area contributed by atoms with E-state index in [4.69, 9.17) is 4.74 Å². The van der Waals surface area contributed by atoms with Gasteiger partial charge in [0.2, 0.25) is 5.88 Å². The number of aldehydes is 1. The van der Waals surface area contributed by atoms with Crippen molar-refractivity contribution in [3.8, 4) is 5.88 Å². The smallest absolute Gasteiger partial charge is 0.229 e. The first-order valence-electron chi connectivity index (χ1n) is 8.49. The van der Waals surface area contributed by atoms with Gasteiger partial charge < -0.3 is 10.1 Å². The van der Waals surface area contributed by atoms with Crippen molar-refractivity contribution < 1.29 is 13.9 Å². The highest BCUT2D eigenvalue weighted by Gasteiger charge is 2.12. The molecule has 7 nitrogen and oxygen atoms in total. The fraction of sp³-hybridized carbons (Fsp3) is 0.100. The number of methoxy groups -OCH3 is 1. The molecular weight excluding hydrogens is 361 g/mol. The van der Waals surface area contributed by atoms with Crippen molar-refractivity contribution in [1.82, 2.24) is 19.7 Å². The van der Waals surface area contributed by atoms with Gasteiger partial charge in [0.15, 0.2) is 6.29 Å². The molecule has 4 aromatic rings. The third-order valence-corrected chi connectivity index (χ3v) is 4.28. The van der Waals surface area contributed by atoms with Crippen LogP contribution in [0.15, 0.2) is 55.0 Å². The fourth-order valence-electron chi connectivity index (χ4n) is 2.98. The predicted molar refractivity (Wildman–Crippen MR) is 102 cm³/mol. The Hall–Kier alpha value is -3.81. The van der Waals surface area contributed by atoms with Gasteiger partial charge in [-0.3, -0.25) is 9.48 Å². The molecule has 0 radical (unpaired) electrons. The number of rotatable bonds is 6. The van der Waals surface area contributed by atoms with E-state index in [0.29, 0.717) is 18.6 Å². The normalized spacial score (nSPS) is 10.8. The molecule has 0 aliphatic heterocycles. The summed E-state index contributed by atoms with van der Waals surface area (Å²) >= 11 is 0. The van der Waals surface area contributed by atoms with E-state index in [2.05, 4.69) is 20.4 Å².